The van der Waals surface area contributed by atoms with Crippen LogP contribution in [0.15, 0.2) is 36.9 Å². The van der Waals surface area contributed by atoms with Crippen LogP contribution in [0.5, 0.6) is 0 Å². The number of piperazine rings is 1. The van der Waals surface area contributed by atoms with E-state index in [2.05, 4.69) is 49.9 Å². The topological polar surface area (TPSA) is 92.2 Å². The van der Waals surface area contributed by atoms with E-state index in [0.717, 1.165) is 12.1 Å². The van der Waals surface area contributed by atoms with E-state index in [1.165, 1.54) is 11.9 Å². The lowest BCUT2D eigenvalue weighted by atomic mass is 10.1. The molecule has 1 aromatic carbocycles. The molecular formula is C18H24N6O2. The van der Waals surface area contributed by atoms with Crippen LogP contribution in [0.25, 0.3) is 0 Å². The van der Waals surface area contributed by atoms with Crippen molar-refractivity contribution in [2.45, 2.75) is 32.5 Å². The predicted molar refractivity (Wildman–Crippen MR) is 96.0 cm³/mol. The van der Waals surface area contributed by atoms with Gasteiger partial charge in [0.1, 0.15) is 12.7 Å². The molecule has 8 nitrogen and oxygen atoms in total. The Bertz CT molecular complexity index is 729. The van der Waals surface area contributed by atoms with Gasteiger partial charge in [-0.3, -0.25) is 19.2 Å². The van der Waals surface area contributed by atoms with E-state index in [-0.39, 0.29) is 18.2 Å². The zero-order valence-corrected chi connectivity index (χ0v) is 14.9. The molecule has 2 N–H and O–H groups in total. The maximum atomic E-state index is 12.3. The fourth-order valence-electron chi connectivity index (χ4n) is 3.01. The van der Waals surface area contributed by atoms with Crippen molar-refractivity contribution in [1.29, 1.82) is 0 Å². The van der Waals surface area contributed by atoms with Gasteiger partial charge in [-0.25, -0.2) is 4.98 Å². The van der Waals surface area contributed by atoms with E-state index in [0.29, 0.717) is 26.2 Å². The molecule has 1 aliphatic rings. The van der Waals surface area contributed by atoms with E-state index >= 15 is 0 Å². The minimum atomic E-state index is -0.448. The lowest BCUT2D eigenvalue weighted by molar-refractivity contribution is -0.134. The number of benzene rings is 1. The fraction of sp³-hybridized carbons (Fsp3) is 0.444. The predicted octanol–water partition coefficient (Wildman–Crippen LogP) is 0.0934. The normalized spacial score (nSPS) is 17.7. The highest BCUT2D eigenvalue weighted by atomic mass is 16.2. The first-order chi connectivity index (χ1) is 12.6. The SMILES string of the molecule is Cc1ccc(CN2CCNC(=O)[C@H]2CC(=O)NCCn2cncn2)cc1. The summed E-state index contributed by atoms with van der Waals surface area (Å²) >= 11 is 0. The van der Waals surface area contributed by atoms with Crippen molar-refractivity contribution in [3.8, 4) is 0 Å². The molecule has 26 heavy (non-hydrogen) atoms. The minimum absolute atomic E-state index is 0.0882. The molecule has 0 saturated carbocycles. The summed E-state index contributed by atoms with van der Waals surface area (Å²) in [5, 5.41) is 9.69. The Kier molecular flexibility index (Phi) is 5.96. The number of nitrogens with zero attached hydrogens (tertiary/aromatic N) is 4. The van der Waals surface area contributed by atoms with Crippen molar-refractivity contribution in [2.24, 2.45) is 0 Å². The Balaban J connectivity index is 1.54. The average molecular weight is 356 g/mol. The van der Waals surface area contributed by atoms with Crippen molar-refractivity contribution in [3.05, 3.63) is 48.0 Å². The molecule has 0 unspecified atom stereocenters. The zero-order chi connectivity index (χ0) is 18.4. The Morgan fingerprint density at radius 2 is 2.15 bits per heavy atom. The number of hydrogen-bond donors (Lipinski definition) is 2. The van der Waals surface area contributed by atoms with Gasteiger partial charge in [0, 0.05) is 26.2 Å². The molecular weight excluding hydrogens is 332 g/mol. The Morgan fingerprint density at radius 3 is 2.88 bits per heavy atom. The van der Waals surface area contributed by atoms with Crippen LogP contribution in [0.1, 0.15) is 17.5 Å². The van der Waals surface area contributed by atoms with E-state index in [1.807, 2.05) is 6.92 Å². The second-order valence-corrected chi connectivity index (χ2v) is 6.48. The van der Waals surface area contributed by atoms with Gasteiger partial charge in [-0.2, -0.15) is 5.10 Å². The van der Waals surface area contributed by atoms with Gasteiger partial charge >= 0.3 is 0 Å². The molecule has 1 saturated heterocycles. The molecule has 1 aromatic heterocycles. The lowest BCUT2D eigenvalue weighted by Crippen LogP contribution is -2.56. The second-order valence-electron chi connectivity index (χ2n) is 6.48. The number of hydrogen-bond acceptors (Lipinski definition) is 5. The van der Waals surface area contributed by atoms with Gasteiger partial charge in [0.2, 0.25) is 11.8 Å². The van der Waals surface area contributed by atoms with Crippen molar-refractivity contribution in [1.82, 2.24) is 30.3 Å². The summed E-state index contributed by atoms with van der Waals surface area (Å²) < 4.78 is 1.65. The summed E-state index contributed by atoms with van der Waals surface area (Å²) in [6, 6.07) is 7.81. The first-order valence-corrected chi connectivity index (χ1v) is 8.78. The van der Waals surface area contributed by atoms with Crippen LogP contribution in [0, 0.1) is 6.92 Å². The molecule has 2 amide bonds. The molecule has 0 aliphatic carbocycles. The number of aromatic nitrogens is 3. The number of nitrogens with one attached hydrogen (secondary N) is 2. The third-order valence-electron chi connectivity index (χ3n) is 4.46. The lowest BCUT2D eigenvalue weighted by Gasteiger charge is -2.34. The first-order valence-electron chi connectivity index (χ1n) is 8.78. The molecule has 3 rings (SSSR count). The standard InChI is InChI=1S/C18H24N6O2/c1-14-2-4-15(5-3-14)11-23-8-6-21-18(26)16(23)10-17(25)20-7-9-24-13-19-12-22-24/h2-5,12-13,16H,6-11H2,1H3,(H,20,25)(H,21,26)/t16-/m1/s1. The van der Waals surface area contributed by atoms with Crippen LogP contribution < -0.4 is 10.6 Å². The van der Waals surface area contributed by atoms with Crippen molar-refractivity contribution < 1.29 is 9.59 Å². The van der Waals surface area contributed by atoms with E-state index in [1.54, 1.807) is 11.0 Å². The van der Waals surface area contributed by atoms with Gasteiger partial charge in [0.25, 0.3) is 0 Å². The number of carbonyl (C=O) groups is 2. The van der Waals surface area contributed by atoms with Crippen LogP contribution in [0.4, 0.5) is 0 Å². The van der Waals surface area contributed by atoms with Gasteiger partial charge in [-0.15, -0.1) is 0 Å². The number of rotatable bonds is 7. The minimum Gasteiger partial charge on any atom is -0.354 e. The molecule has 1 fully saturated rings. The number of amides is 2. The van der Waals surface area contributed by atoms with E-state index in [9.17, 15) is 9.59 Å². The van der Waals surface area contributed by atoms with E-state index in [4.69, 9.17) is 0 Å². The van der Waals surface area contributed by atoms with Gasteiger partial charge in [-0.1, -0.05) is 29.8 Å². The maximum absolute atomic E-state index is 12.3. The third kappa shape index (κ3) is 4.89. The van der Waals surface area contributed by atoms with Gasteiger partial charge < -0.3 is 10.6 Å². The molecule has 1 atom stereocenters. The van der Waals surface area contributed by atoms with Crippen molar-refractivity contribution in [3.63, 3.8) is 0 Å². The molecule has 138 valence electrons. The first kappa shape index (κ1) is 18.1. The third-order valence-corrected chi connectivity index (χ3v) is 4.46. The monoisotopic (exact) mass is 356 g/mol. The molecule has 1 aliphatic heterocycles. The number of aryl methyl sites for hydroxylation is 1. The van der Waals surface area contributed by atoms with Crippen molar-refractivity contribution in [2.75, 3.05) is 19.6 Å². The van der Waals surface area contributed by atoms with E-state index < -0.39 is 6.04 Å². The summed E-state index contributed by atoms with van der Waals surface area (Å²) in [6.07, 6.45) is 3.20. The Hall–Kier alpha value is -2.74. The summed E-state index contributed by atoms with van der Waals surface area (Å²) in [5.41, 5.74) is 2.34. The smallest absolute Gasteiger partial charge is 0.237 e. The second kappa shape index (κ2) is 8.57. The summed E-state index contributed by atoms with van der Waals surface area (Å²) in [4.78, 5) is 30.5. The fourth-order valence-corrected chi connectivity index (χ4v) is 3.01. The molecule has 0 bridgehead atoms. The molecule has 0 radical (unpaired) electrons. The summed E-state index contributed by atoms with van der Waals surface area (Å²) in [5.74, 6) is -0.226. The zero-order valence-electron chi connectivity index (χ0n) is 14.9. The Labute approximate surface area is 152 Å². The largest absolute Gasteiger partial charge is 0.354 e. The highest BCUT2D eigenvalue weighted by Gasteiger charge is 2.31. The van der Waals surface area contributed by atoms with Gasteiger partial charge in [0.05, 0.1) is 19.0 Å². The van der Waals surface area contributed by atoms with Gasteiger partial charge in [-0.05, 0) is 12.5 Å². The van der Waals surface area contributed by atoms with Crippen LogP contribution in [-0.2, 0) is 22.7 Å². The average Bonchev–Trinajstić information content (AvgIpc) is 3.13. The highest BCUT2D eigenvalue weighted by Crippen LogP contribution is 2.14. The molecule has 8 heteroatoms. The Morgan fingerprint density at radius 1 is 1.35 bits per heavy atom. The van der Waals surface area contributed by atoms with Crippen molar-refractivity contribution >= 4 is 11.8 Å². The van der Waals surface area contributed by atoms with Crippen LogP contribution in [0.2, 0.25) is 0 Å². The highest BCUT2D eigenvalue weighted by molar-refractivity contribution is 5.88. The quantitative estimate of drug-likeness (QED) is 0.734. The van der Waals surface area contributed by atoms with Crippen LogP contribution in [0.3, 0.4) is 0 Å². The number of carbonyl (C=O) groups excluding carboxylic acids is 2. The molecule has 0 spiro atoms. The maximum Gasteiger partial charge on any atom is 0.237 e. The van der Waals surface area contributed by atoms with Gasteiger partial charge in [0.15, 0.2) is 0 Å². The summed E-state index contributed by atoms with van der Waals surface area (Å²) in [6.45, 7) is 5.05. The van der Waals surface area contributed by atoms with Crippen LogP contribution in [-0.4, -0.2) is 57.2 Å². The molecule has 2 aromatic rings. The molecule has 2 heterocycles. The summed E-state index contributed by atoms with van der Waals surface area (Å²) in [7, 11) is 0. The van der Waals surface area contributed by atoms with Crippen LogP contribution >= 0.6 is 0 Å².